The van der Waals surface area contributed by atoms with Crippen LogP contribution in [0.1, 0.15) is 17.5 Å². The van der Waals surface area contributed by atoms with Crippen molar-refractivity contribution in [1.29, 1.82) is 0 Å². The molecule has 0 fully saturated rings. The van der Waals surface area contributed by atoms with Gasteiger partial charge in [-0.3, -0.25) is 0 Å². The molecule has 0 aliphatic carbocycles. The van der Waals surface area contributed by atoms with E-state index in [2.05, 4.69) is 0 Å². The summed E-state index contributed by atoms with van der Waals surface area (Å²) >= 11 is 0. The summed E-state index contributed by atoms with van der Waals surface area (Å²) in [5.41, 5.74) is 0.725. The van der Waals surface area contributed by atoms with Crippen molar-refractivity contribution in [2.45, 2.75) is 19.8 Å². The van der Waals surface area contributed by atoms with Gasteiger partial charge in [-0.25, -0.2) is 13.2 Å². The molecule has 1 aromatic rings. The molecule has 0 unspecified atom stereocenters. The highest BCUT2D eigenvalue weighted by Crippen LogP contribution is 2.16. The lowest BCUT2D eigenvalue weighted by atomic mass is 10.1. The van der Waals surface area contributed by atoms with E-state index in [4.69, 9.17) is 0 Å². The molecule has 71 valence electrons. The third-order valence-electron chi connectivity index (χ3n) is 1.74. The Labute approximate surface area is 75.4 Å². The predicted molar refractivity (Wildman–Crippen MR) is 45.2 cm³/mol. The van der Waals surface area contributed by atoms with Crippen LogP contribution in [0.4, 0.5) is 13.2 Å². The van der Waals surface area contributed by atoms with Crippen LogP contribution in [0.15, 0.2) is 18.2 Å². The van der Waals surface area contributed by atoms with Gasteiger partial charge in [-0.2, -0.15) is 0 Å². The number of benzene rings is 1. The fraction of sp³-hybridized carbons (Fsp3) is 0.300. The molecule has 3 heteroatoms. The first kappa shape index (κ1) is 10.1. The third-order valence-corrected chi connectivity index (χ3v) is 1.74. The molecule has 0 nitrogen and oxygen atoms in total. The minimum Gasteiger partial charge on any atom is -0.211 e. The maximum absolute atomic E-state index is 13.2. The summed E-state index contributed by atoms with van der Waals surface area (Å²) in [4.78, 5) is 0. The van der Waals surface area contributed by atoms with Gasteiger partial charge in [0.15, 0.2) is 0 Å². The zero-order valence-corrected chi connectivity index (χ0v) is 7.23. The minimum atomic E-state index is -2.42. The quantitative estimate of drug-likeness (QED) is 0.680. The zero-order valence-electron chi connectivity index (χ0n) is 7.23. The maximum atomic E-state index is 13.2. The number of rotatable bonds is 3. The summed E-state index contributed by atoms with van der Waals surface area (Å²) < 4.78 is 36.8. The molecule has 0 spiro atoms. The molecule has 1 aromatic carbocycles. The van der Waals surface area contributed by atoms with E-state index < -0.39 is 18.7 Å². The fourth-order valence-corrected chi connectivity index (χ4v) is 1.04. The Morgan fingerprint density at radius 2 is 2.08 bits per heavy atom. The van der Waals surface area contributed by atoms with Crippen molar-refractivity contribution in [1.82, 2.24) is 0 Å². The highest BCUT2D eigenvalue weighted by Gasteiger charge is 2.08. The van der Waals surface area contributed by atoms with Crippen LogP contribution < -0.4 is 0 Å². The van der Waals surface area contributed by atoms with E-state index in [0.717, 1.165) is 0 Å². The Kier molecular flexibility index (Phi) is 3.34. The molecule has 13 heavy (non-hydrogen) atoms. The standard InChI is InChI=1S/C10H10F3/c1-7-3-2-4-8(10(7)13)5-6-9(11)12/h2-5,9H,6H2,1H3. The van der Waals surface area contributed by atoms with E-state index in [0.29, 0.717) is 5.56 Å². The molecule has 0 bridgehead atoms. The number of alkyl halides is 2. The van der Waals surface area contributed by atoms with Crippen LogP contribution >= 0.6 is 0 Å². The van der Waals surface area contributed by atoms with E-state index in [1.165, 1.54) is 12.5 Å². The van der Waals surface area contributed by atoms with Crippen molar-refractivity contribution >= 4 is 0 Å². The molecule has 0 N–H and O–H groups in total. The van der Waals surface area contributed by atoms with E-state index in [1.807, 2.05) is 0 Å². The summed E-state index contributed by atoms with van der Waals surface area (Å²) in [6.07, 6.45) is -1.60. The van der Waals surface area contributed by atoms with Crippen LogP contribution in [0.2, 0.25) is 0 Å². The number of halogens is 3. The van der Waals surface area contributed by atoms with Gasteiger partial charge in [0, 0.05) is 6.42 Å². The van der Waals surface area contributed by atoms with Crippen molar-refractivity contribution in [2.24, 2.45) is 0 Å². The summed E-state index contributed by atoms with van der Waals surface area (Å²) in [6.45, 7) is 1.61. The highest BCUT2D eigenvalue weighted by atomic mass is 19.3. The second-order valence-corrected chi connectivity index (χ2v) is 2.81. The van der Waals surface area contributed by atoms with Crippen LogP contribution in [0.3, 0.4) is 0 Å². The smallest absolute Gasteiger partial charge is 0.211 e. The first-order valence-electron chi connectivity index (χ1n) is 3.97. The molecule has 1 radical (unpaired) electrons. The van der Waals surface area contributed by atoms with E-state index in [1.54, 1.807) is 19.1 Å². The molecule has 1 rings (SSSR count). The second-order valence-electron chi connectivity index (χ2n) is 2.81. The van der Waals surface area contributed by atoms with Crippen molar-refractivity contribution < 1.29 is 13.2 Å². The lowest BCUT2D eigenvalue weighted by Gasteiger charge is -2.04. The summed E-state index contributed by atoms with van der Waals surface area (Å²) in [6, 6.07) is 4.75. The zero-order chi connectivity index (χ0) is 9.84. The number of aryl methyl sites for hydroxylation is 1. The molecule has 0 amide bonds. The second kappa shape index (κ2) is 4.30. The Morgan fingerprint density at radius 3 is 2.69 bits per heavy atom. The van der Waals surface area contributed by atoms with Crippen molar-refractivity contribution in [3.63, 3.8) is 0 Å². The minimum absolute atomic E-state index is 0.250. The van der Waals surface area contributed by atoms with E-state index >= 15 is 0 Å². The molecule has 0 aliphatic heterocycles. The van der Waals surface area contributed by atoms with E-state index in [9.17, 15) is 13.2 Å². The molecule has 0 atom stereocenters. The molecule has 0 saturated carbocycles. The highest BCUT2D eigenvalue weighted by molar-refractivity contribution is 5.30. The first-order valence-corrected chi connectivity index (χ1v) is 3.97. The van der Waals surface area contributed by atoms with Crippen LogP contribution in [0.5, 0.6) is 0 Å². The average molecular weight is 187 g/mol. The van der Waals surface area contributed by atoms with Gasteiger partial charge in [0.2, 0.25) is 6.43 Å². The molecular formula is C10H10F3. The van der Waals surface area contributed by atoms with Gasteiger partial charge in [0.05, 0.1) is 0 Å². The Morgan fingerprint density at radius 1 is 1.38 bits per heavy atom. The molecule has 0 aromatic heterocycles. The molecule has 0 heterocycles. The molecule has 0 saturated heterocycles. The topological polar surface area (TPSA) is 0 Å². The average Bonchev–Trinajstić information content (AvgIpc) is 2.07. The van der Waals surface area contributed by atoms with Crippen molar-refractivity contribution in [3.8, 4) is 0 Å². The van der Waals surface area contributed by atoms with Gasteiger partial charge in [-0.05, 0) is 24.5 Å². The summed E-state index contributed by atoms with van der Waals surface area (Å²) in [7, 11) is 0. The first-order chi connectivity index (χ1) is 6.11. The van der Waals surface area contributed by atoms with Crippen LogP contribution in [0, 0.1) is 19.2 Å². The van der Waals surface area contributed by atoms with Gasteiger partial charge in [-0.15, -0.1) is 0 Å². The Hall–Kier alpha value is -0.990. The van der Waals surface area contributed by atoms with Crippen LogP contribution in [-0.2, 0) is 0 Å². The van der Waals surface area contributed by atoms with Crippen LogP contribution in [-0.4, -0.2) is 6.43 Å². The lowest BCUT2D eigenvalue weighted by molar-refractivity contribution is 0.148. The van der Waals surface area contributed by atoms with Gasteiger partial charge >= 0.3 is 0 Å². The van der Waals surface area contributed by atoms with Gasteiger partial charge in [0.1, 0.15) is 5.82 Å². The van der Waals surface area contributed by atoms with E-state index in [-0.39, 0.29) is 5.56 Å². The van der Waals surface area contributed by atoms with Crippen molar-refractivity contribution in [3.05, 3.63) is 41.6 Å². The van der Waals surface area contributed by atoms with Gasteiger partial charge < -0.3 is 0 Å². The summed E-state index contributed by atoms with van der Waals surface area (Å²) in [5, 5.41) is 0. The van der Waals surface area contributed by atoms with Gasteiger partial charge in [0.25, 0.3) is 0 Å². The molecule has 0 aliphatic rings. The normalized spacial score (nSPS) is 10.8. The third kappa shape index (κ3) is 2.76. The van der Waals surface area contributed by atoms with Crippen molar-refractivity contribution in [2.75, 3.05) is 0 Å². The lowest BCUT2D eigenvalue weighted by Crippen LogP contribution is -1.96. The predicted octanol–water partition coefficient (Wildman–Crippen LogP) is 3.34. The SMILES string of the molecule is Cc1cccc([CH]CC(F)F)c1F. The fourth-order valence-electron chi connectivity index (χ4n) is 1.04. The summed E-state index contributed by atoms with van der Waals surface area (Å²) in [5.74, 6) is -0.414. The molecular weight excluding hydrogens is 177 g/mol. The number of hydrogen-bond acceptors (Lipinski definition) is 0. The largest absolute Gasteiger partial charge is 0.239 e. The van der Waals surface area contributed by atoms with Gasteiger partial charge in [-0.1, -0.05) is 18.2 Å². The monoisotopic (exact) mass is 187 g/mol. The van der Waals surface area contributed by atoms with Crippen LogP contribution in [0.25, 0.3) is 0 Å². The number of hydrogen-bond donors (Lipinski definition) is 0. The Bertz CT molecular complexity index is 281. The maximum Gasteiger partial charge on any atom is 0.239 e. The Balaban J connectivity index is 2.71.